The maximum atomic E-state index is 13.1. The van der Waals surface area contributed by atoms with E-state index in [9.17, 15) is 14.8 Å². The van der Waals surface area contributed by atoms with Gasteiger partial charge >= 0.3 is 0 Å². The first-order valence-electron chi connectivity index (χ1n) is 10.0. The van der Waals surface area contributed by atoms with Gasteiger partial charge in [0.2, 0.25) is 0 Å². The third kappa shape index (κ3) is 4.39. The quantitative estimate of drug-likeness (QED) is 0.427. The maximum Gasteiger partial charge on any atom is 0.138 e. The molecule has 0 saturated heterocycles. The number of dihydropyridines is 1. The van der Waals surface area contributed by atoms with Crippen molar-refractivity contribution in [2.45, 2.75) is 12.3 Å². The van der Waals surface area contributed by atoms with Gasteiger partial charge in [0.15, 0.2) is 0 Å². The number of nitriles is 1. The highest BCUT2D eigenvalue weighted by Crippen LogP contribution is 2.35. The van der Waals surface area contributed by atoms with Crippen molar-refractivity contribution in [2.75, 3.05) is 13.7 Å². The molecule has 2 heterocycles. The SMILES string of the molecule is COc1c(C(O)NC(C#N)C2=CC=CCN2)ccc2[nH]nc(/C=C/c3ccc(F)cc3)c12. The van der Waals surface area contributed by atoms with Crippen molar-refractivity contribution in [3.63, 3.8) is 0 Å². The fourth-order valence-corrected chi connectivity index (χ4v) is 3.55. The lowest BCUT2D eigenvalue weighted by Gasteiger charge is -2.23. The van der Waals surface area contributed by atoms with E-state index in [1.165, 1.54) is 19.2 Å². The van der Waals surface area contributed by atoms with Gasteiger partial charge in [-0.25, -0.2) is 4.39 Å². The molecule has 1 aliphatic rings. The lowest BCUT2D eigenvalue weighted by Crippen LogP contribution is -2.38. The molecule has 0 radical (unpaired) electrons. The topological polar surface area (TPSA) is 106 Å². The number of benzene rings is 2. The number of hydrogen-bond acceptors (Lipinski definition) is 6. The lowest BCUT2D eigenvalue weighted by atomic mass is 10.0. The molecule has 0 amide bonds. The Morgan fingerprint density at radius 2 is 2.06 bits per heavy atom. The summed E-state index contributed by atoms with van der Waals surface area (Å²) in [5.74, 6) is 0.142. The van der Waals surface area contributed by atoms with Crippen LogP contribution in [0.3, 0.4) is 0 Å². The fraction of sp³-hybridized carbons (Fsp3) is 0.167. The van der Waals surface area contributed by atoms with Gasteiger partial charge in [-0.3, -0.25) is 10.4 Å². The zero-order valence-corrected chi connectivity index (χ0v) is 17.3. The van der Waals surface area contributed by atoms with Crippen LogP contribution in [0.25, 0.3) is 23.1 Å². The van der Waals surface area contributed by atoms with Crippen LogP contribution in [-0.4, -0.2) is 35.0 Å². The van der Waals surface area contributed by atoms with Crippen molar-refractivity contribution >= 4 is 23.1 Å². The Morgan fingerprint density at radius 1 is 1.25 bits per heavy atom. The van der Waals surface area contributed by atoms with Crippen LogP contribution in [0, 0.1) is 17.1 Å². The molecule has 4 rings (SSSR count). The minimum atomic E-state index is -1.16. The molecule has 0 aliphatic carbocycles. The second kappa shape index (κ2) is 9.47. The summed E-state index contributed by atoms with van der Waals surface area (Å²) in [7, 11) is 1.52. The van der Waals surface area contributed by atoms with Crippen molar-refractivity contribution in [1.82, 2.24) is 20.8 Å². The van der Waals surface area contributed by atoms with Crippen molar-refractivity contribution in [3.8, 4) is 11.8 Å². The predicted molar refractivity (Wildman–Crippen MR) is 121 cm³/mol. The Hall–Kier alpha value is -3.93. The highest BCUT2D eigenvalue weighted by Gasteiger charge is 2.23. The Kier molecular flexibility index (Phi) is 6.31. The number of H-pyrrole nitrogens is 1. The molecule has 1 aromatic heterocycles. The molecule has 0 bridgehead atoms. The van der Waals surface area contributed by atoms with Gasteiger partial charge in [-0.1, -0.05) is 30.4 Å². The molecule has 4 N–H and O–H groups in total. The molecule has 0 fully saturated rings. The minimum absolute atomic E-state index is 0.300. The zero-order chi connectivity index (χ0) is 22.5. The van der Waals surface area contributed by atoms with Crippen molar-refractivity contribution in [3.05, 3.63) is 83.0 Å². The van der Waals surface area contributed by atoms with Gasteiger partial charge in [0.25, 0.3) is 0 Å². The molecule has 3 aromatic rings. The van der Waals surface area contributed by atoms with Crippen LogP contribution in [0.1, 0.15) is 23.0 Å². The van der Waals surface area contributed by atoms with Gasteiger partial charge in [0, 0.05) is 17.8 Å². The number of rotatable bonds is 7. The Bertz CT molecular complexity index is 1240. The van der Waals surface area contributed by atoms with Gasteiger partial charge in [-0.05, 0) is 42.0 Å². The smallest absolute Gasteiger partial charge is 0.138 e. The standard InChI is InChI=1S/C24H22FN5O2/c1-32-23-17(24(31)28-21(14-26)18-4-2-3-13-27-18)10-12-20-22(23)19(29-30-20)11-7-15-5-8-16(25)9-6-15/h2-12,21,24,27-28,31H,13H2,1H3,(H,29,30)/b11-7+. The van der Waals surface area contributed by atoms with Gasteiger partial charge < -0.3 is 15.2 Å². The zero-order valence-electron chi connectivity index (χ0n) is 17.3. The summed E-state index contributed by atoms with van der Waals surface area (Å²) in [5.41, 5.74) is 3.31. The molecule has 32 heavy (non-hydrogen) atoms. The maximum absolute atomic E-state index is 13.1. The number of allylic oxidation sites excluding steroid dienone is 2. The largest absolute Gasteiger partial charge is 0.496 e. The second-order valence-electron chi connectivity index (χ2n) is 7.17. The van der Waals surface area contributed by atoms with Crippen molar-refractivity contribution in [2.24, 2.45) is 0 Å². The summed E-state index contributed by atoms with van der Waals surface area (Å²) >= 11 is 0. The molecule has 2 atom stereocenters. The number of aromatic amines is 1. The summed E-state index contributed by atoms with van der Waals surface area (Å²) in [6.07, 6.45) is 8.05. The van der Waals surface area contributed by atoms with Gasteiger partial charge in [0.05, 0.1) is 29.8 Å². The number of ether oxygens (including phenoxy) is 1. The summed E-state index contributed by atoms with van der Waals surface area (Å²) in [5, 5.41) is 34.5. The Balaban J connectivity index is 1.66. The first-order valence-corrected chi connectivity index (χ1v) is 10.0. The van der Waals surface area contributed by atoms with Crippen LogP contribution in [0.2, 0.25) is 0 Å². The normalized spacial score (nSPS) is 15.2. The number of methoxy groups -OCH3 is 1. The summed E-state index contributed by atoms with van der Waals surface area (Å²) in [6.45, 7) is 0.621. The number of aromatic nitrogens is 2. The number of hydrogen-bond donors (Lipinski definition) is 4. The molecule has 162 valence electrons. The van der Waals surface area contributed by atoms with Crippen molar-refractivity contribution in [1.29, 1.82) is 5.26 Å². The molecule has 2 aromatic carbocycles. The van der Waals surface area contributed by atoms with Crippen LogP contribution in [0.5, 0.6) is 5.75 Å². The minimum Gasteiger partial charge on any atom is -0.496 e. The number of fused-ring (bicyclic) bond motifs is 1. The Morgan fingerprint density at radius 3 is 2.75 bits per heavy atom. The predicted octanol–water partition coefficient (Wildman–Crippen LogP) is 3.40. The van der Waals surface area contributed by atoms with Crippen LogP contribution in [0.15, 0.2) is 60.3 Å². The van der Waals surface area contributed by atoms with Gasteiger partial charge in [0.1, 0.15) is 23.8 Å². The van der Waals surface area contributed by atoms with Gasteiger partial charge in [-0.2, -0.15) is 10.4 Å². The second-order valence-corrected chi connectivity index (χ2v) is 7.17. The summed E-state index contributed by atoms with van der Waals surface area (Å²) < 4.78 is 18.8. The van der Waals surface area contributed by atoms with Crippen LogP contribution in [-0.2, 0) is 0 Å². The Labute approximate surface area is 184 Å². The fourth-order valence-electron chi connectivity index (χ4n) is 3.55. The van der Waals surface area contributed by atoms with E-state index in [-0.39, 0.29) is 5.82 Å². The number of nitrogens with zero attached hydrogens (tertiary/aromatic N) is 2. The molecule has 8 heteroatoms. The highest BCUT2D eigenvalue weighted by atomic mass is 19.1. The average molecular weight is 431 g/mol. The first-order chi connectivity index (χ1) is 15.6. The molecule has 0 saturated carbocycles. The number of halogens is 1. The van der Waals surface area contributed by atoms with Crippen molar-refractivity contribution < 1.29 is 14.2 Å². The third-order valence-corrected chi connectivity index (χ3v) is 5.14. The van der Waals surface area contributed by atoms with E-state index in [1.54, 1.807) is 36.4 Å². The molecule has 7 nitrogen and oxygen atoms in total. The van der Waals surface area contributed by atoms with Gasteiger partial charge in [-0.15, -0.1) is 0 Å². The highest BCUT2D eigenvalue weighted by molar-refractivity contribution is 5.95. The third-order valence-electron chi connectivity index (χ3n) is 5.14. The number of aliphatic hydroxyl groups excluding tert-OH is 1. The summed E-state index contributed by atoms with van der Waals surface area (Å²) in [4.78, 5) is 0. The average Bonchev–Trinajstić information content (AvgIpc) is 3.25. The molecular weight excluding hydrogens is 409 g/mol. The number of aliphatic hydroxyl groups is 1. The van der Waals surface area contributed by atoms with E-state index in [1.807, 2.05) is 18.2 Å². The lowest BCUT2D eigenvalue weighted by molar-refractivity contribution is 0.131. The van der Waals surface area contributed by atoms with Crippen LogP contribution in [0.4, 0.5) is 4.39 Å². The van der Waals surface area contributed by atoms with E-state index in [0.29, 0.717) is 34.6 Å². The van der Waals surface area contributed by atoms with E-state index in [2.05, 4.69) is 26.9 Å². The van der Waals surface area contributed by atoms with E-state index >= 15 is 0 Å². The first kappa shape index (κ1) is 21.3. The molecular formula is C24H22FN5O2. The molecule has 0 spiro atoms. The molecule has 2 unspecified atom stereocenters. The van der Waals surface area contributed by atoms with E-state index in [0.717, 1.165) is 11.1 Å². The summed E-state index contributed by atoms with van der Waals surface area (Å²) in [6, 6.07) is 11.1. The monoisotopic (exact) mass is 431 g/mol. The van der Waals surface area contributed by atoms with Crippen LogP contribution >= 0.6 is 0 Å². The number of nitrogens with one attached hydrogen (secondary N) is 3. The molecule has 1 aliphatic heterocycles. The van der Waals surface area contributed by atoms with E-state index < -0.39 is 12.3 Å². The van der Waals surface area contributed by atoms with Crippen LogP contribution < -0.4 is 15.4 Å². The van der Waals surface area contributed by atoms with E-state index in [4.69, 9.17) is 4.74 Å².